The van der Waals surface area contributed by atoms with E-state index in [4.69, 9.17) is 16.3 Å². The highest BCUT2D eigenvalue weighted by atomic mass is 35.5. The number of β-amino-alcohol motifs (C(OH)–C–C–N with tert-alkyl or cyclic N) is 1. The van der Waals surface area contributed by atoms with Gasteiger partial charge in [0.1, 0.15) is 12.4 Å². The summed E-state index contributed by atoms with van der Waals surface area (Å²) in [6.07, 6.45) is 2.89. The molecule has 0 saturated carbocycles. The lowest BCUT2D eigenvalue weighted by atomic mass is 9.77. The number of nitrogens with zero attached hydrogens (tertiary/aromatic N) is 4. The van der Waals surface area contributed by atoms with Crippen LogP contribution >= 0.6 is 11.6 Å². The summed E-state index contributed by atoms with van der Waals surface area (Å²) in [5.41, 5.74) is 3.46. The van der Waals surface area contributed by atoms with Crippen molar-refractivity contribution in [2.45, 2.75) is 38.4 Å². The third kappa shape index (κ3) is 6.79. The zero-order valence-corrected chi connectivity index (χ0v) is 23.1. The molecule has 0 bridgehead atoms. The summed E-state index contributed by atoms with van der Waals surface area (Å²) >= 11 is 6.66. The van der Waals surface area contributed by atoms with Crippen LogP contribution in [-0.2, 0) is 28.5 Å². The lowest BCUT2D eigenvalue weighted by Crippen LogP contribution is -2.51. The molecule has 9 nitrogen and oxygen atoms in total. The molecular weight excluding hydrogens is 526 g/mol. The van der Waals surface area contributed by atoms with Gasteiger partial charge in [-0.15, -0.1) is 0 Å². The van der Waals surface area contributed by atoms with E-state index in [1.165, 1.54) is 6.20 Å². The van der Waals surface area contributed by atoms with Crippen LogP contribution in [0.25, 0.3) is 0 Å². The molecule has 200 valence electrons. The van der Waals surface area contributed by atoms with Gasteiger partial charge in [0.05, 0.1) is 29.7 Å². The minimum atomic E-state index is -3.47. The predicted molar refractivity (Wildman–Crippen MR) is 146 cm³/mol. The number of ether oxygens (including phenoxy) is 1. The Balaban J connectivity index is 1.45. The van der Waals surface area contributed by atoms with Crippen LogP contribution in [0.2, 0.25) is 5.02 Å². The van der Waals surface area contributed by atoms with Gasteiger partial charge in [0.15, 0.2) is 0 Å². The van der Waals surface area contributed by atoms with Crippen molar-refractivity contribution < 1.29 is 18.3 Å². The SMILES string of the molecule is CC(C)(c1ccc(OCc2ccnc(NS(C)(=O)=O)n2)cc1)c1cc(Cl)c(CCN2CC(O)C2)c(C#N)c1. The van der Waals surface area contributed by atoms with Crippen LogP contribution < -0.4 is 9.46 Å². The standard InChI is InChI=1S/C27H30ClN5O4S/c1-27(2,20-12-18(14-29)24(25(28)13-20)9-11-33-15-22(34)16-33)19-4-6-23(7-5-19)37-17-21-8-10-30-26(31-21)32-38(3,35)36/h4-8,10,12-13,22,34H,9,11,15-17H2,1-3H3,(H,30,31,32). The van der Waals surface area contributed by atoms with Gasteiger partial charge < -0.3 is 9.84 Å². The summed E-state index contributed by atoms with van der Waals surface area (Å²) in [6.45, 7) is 6.36. The Morgan fingerprint density at radius 3 is 2.55 bits per heavy atom. The average Bonchev–Trinajstić information content (AvgIpc) is 2.84. The molecule has 1 aliphatic heterocycles. The van der Waals surface area contributed by atoms with E-state index in [-0.39, 0.29) is 18.7 Å². The Hall–Kier alpha value is -3.23. The molecule has 0 atom stereocenters. The molecule has 3 aromatic rings. The minimum absolute atomic E-state index is 0.00791. The van der Waals surface area contributed by atoms with Crippen LogP contribution in [0.15, 0.2) is 48.7 Å². The zero-order valence-electron chi connectivity index (χ0n) is 21.5. The van der Waals surface area contributed by atoms with E-state index in [9.17, 15) is 18.8 Å². The number of sulfonamides is 1. The van der Waals surface area contributed by atoms with Crippen LogP contribution in [0.3, 0.4) is 0 Å². The molecular formula is C27H30ClN5O4S. The first-order valence-electron chi connectivity index (χ1n) is 12.1. The number of aromatic nitrogens is 2. The molecule has 11 heteroatoms. The molecule has 2 N–H and O–H groups in total. The highest BCUT2D eigenvalue weighted by Crippen LogP contribution is 2.36. The number of nitrogens with one attached hydrogen (secondary N) is 1. The summed E-state index contributed by atoms with van der Waals surface area (Å²) in [4.78, 5) is 10.2. The van der Waals surface area contributed by atoms with E-state index >= 15 is 0 Å². The number of aliphatic hydroxyl groups excluding tert-OH is 1. The predicted octanol–water partition coefficient (Wildman–Crippen LogP) is 3.50. The Morgan fingerprint density at radius 1 is 1.21 bits per heavy atom. The third-order valence-electron chi connectivity index (χ3n) is 6.61. The van der Waals surface area contributed by atoms with Gasteiger partial charge >= 0.3 is 0 Å². The van der Waals surface area contributed by atoms with Crippen molar-refractivity contribution in [3.8, 4) is 11.8 Å². The number of hydrogen-bond acceptors (Lipinski definition) is 8. The highest BCUT2D eigenvalue weighted by Gasteiger charge is 2.27. The Labute approximate surface area is 228 Å². The topological polar surface area (TPSA) is 128 Å². The molecule has 38 heavy (non-hydrogen) atoms. The van der Waals surface area contributed by atoms with Crippen LogP contribution in [-0.4, -0.2) is 60.4 Å². The minimum Gasteiger partial charge on any atom is -0.487 e. The first-order valence-corrected chi connectivity index (χ1v) is 14.4. The second-order valence-electron chi connectivity index (χ2n) is 9.94. The maximum atomic E-state index is 11.4. The number of anilines is 1. The Bertz CT molecular complexity index is 1450. The second-order valence-corrected chi connectivity index (χ2v) is 12.1. The smallest absolute Gasteiger partial charge is 0.236 e. The number of rotatable bonds is 10. The zero-order chi connectivity index (χ0) is 27.5. The van der Waals surface area contributed by atoms with Crippen LogP contribution in [0.5, 0.6) is 5.75 Å². The van der Waals surface area contributed by atoms with Gasteiger partial charge in [-0.1, -0.05) is 37.6 Å². The molecule has 0 amide bonds. The van der Waals surface area contributed by atoms with Gasteiger partial charge in [-0.2, -0.15) is 5.26 Å². The van der Waals surface area contributed by atoms with Crippen molar-refractivity contribution in [3.63, 3.8) is 0 Å². The number of hydrogen-bond donors (Lipinski definition) is 2. The molecule has 1 fully saturated rings. The van der Waals surface area contributed by atoms with E-state index < -0.39 is 15.4 Å². The maximum absolute atomic E-state index is 11.4. The first-order chi connectivity index (χ1) is 17.9. The van der Waals surface area contributed by atoms with E-state index in [1.807, 2.05) is 36.4 Å². The van der Waals surface area contributed by atoms with Gasteiger partial charge in [0, 0.05) is 36.3 Å². The molecule has 0 unspecified atom stereocenters. The summed E-state index contributed by atoms with van der Waals surface area (Å²) in [5.74, 6) is 0.620. The van der Waals surface area contributed by atoms with E-state index in [0.717, 1.165) is 29.5 Å². The number of aliphatic hydroxyl groups is 1. The van der Waals surface area contributed by atoms with E-state index in [1.54, 1.807) is 6.07 Å². The van der Waals surface area contributed by atoms with Crippen molar-refractivity contribution in [1.29, 1.82) is 5.26 Å². The number of halogens is 1. The largest absolute Gasteiger partial charge is 0.487 e. The van der Waals surface area contributed by atoms with Crippen molar-refractivity contribution in [2.75, 3.05) is 30.6 Å². The molecule has 2 heterocycles. The fourth-order valence-corrected chi connectivity index (χ4v) is 5.07. The third-order valence-corrected chi connectivity index (χ3v) is 7.50. The van der Waals surface area contributed by atoms with E-state index in [0.29, 0.717) is 41.5 Å². The lowest BCUT2D eigenvalue weighted by Gasteiger charge is -2.36. The van der Waals surface area contributed by atoms with Crippen molar-refractivity contribution in [3.05, 3.63) is 81.6 Å². The van der Waals surface area contributed by atoms with Gasteiger partial charge in [-0.05, 0) is 53.4 Å². The van der Waals surface area contributed by atoms with Crippen LogP contribution in [0.4, 0.5) is 5.95 Å². The summed E-state index contributed by atoms with van der Waals surface area (Å²) in [5, 5.41) is 19.9. The Kier molecular flexibility index (Phi) is 8.23. The summed E-state index contributed by atoms with van der Waals surface area (Å²) < 4.78 is 30.9. The fourth-order valence-electron chi connectivity index (χ4n) is 4.33. The maximum Gasteiger partial charge on any atom is 0.236 e. The fraction of sp³-hybridized carbons (Fsp3) is 0.370. The molecule has 0 spiro atoms. The molecule has 4 rings (SSSR count). The quantitative estimate of drug-likeness (QED) is 0.389. The molecule has 0 radical (unpaired) electrons. The van der Waals surface area contributed by atoms with E-state index in [2.05, 4.69) is 39.5 Å². The van der Waals surface area contributed by atoms with Crippen molar-refractivity contribution in [2.24, 2.45) is 0 Å². The second kappa shape index (κ2) is 11.3. The Morgan fingerprint density at radius 2 is 1.92 bits per heavy atom. The van der Waals surface area contributed by atoms with Gasteiger partial charge in [-0.25, -0.2) is 18.4 Å². The van der Waals surface area contributed by atoms with Crippen molar-refractivity contribution >= 4 is 27.6 Å². The number of likely N-dealkylation sites (tertiary alicyclic amines) is 1. The summed E-state index contributed by atoms with van der Waals surface area (Å²) in [6, 6.07) is 15.5. The monoisotopic (exact) mass is 555 g/mol. The highest BCUT2D eigenvalue weighted by molar-refractivity contribution is 7.91. The number of nitriles is 1. The molecule has 2 aromatic carbocycles. The van der Waals surface area contributed by atoms with Gasteiger partial charge in [0.2, 0.25) is 16.0 Å². The average molecular weight is 556 g/mol. The molecule has 1 aliphatic rings. The molecule has 0 aliphatic carbocycles. The normalized spacial score (nSPS) is 14.5. The van der Waals surface area contributed by atoms with Crippen molar-refractivity contribution in [1.82, 2.24) is 14.9 Å². The first kappa shape index (κ1) is 27.8. The lowest BCUT2D eigenvalue weighted by molar-refractivity contribution is 0.00310. The summed E-state index contributed by atoms with van der Waals surface area (Å²) in [7, 11) is -3.47. The molecule has 1 aromatic heterocycles. The number of benzene rings is 2. The van der Waals surface area contributed by atoms with Crippen LogP contribution in [0.1, 0.15) is 41.8 Å². The van der Waals surface area contributed by atoms with Crippen LogP contribution in [0, 0.1) is 11.3 Å². The molecule has 1 saturated heterocycles. The van der Waals surface area contributed by atoms with Gasteiger partial charge in [-0.3, -0.25) is 9.62 Å². The van der Waals surface area contributed by atoms with Gasteiger partial charge in [0.25, 0.3) is 0 Å².